The molecule has 1 saturated carbocycles. The zero-order valence-corrected chi connectivity index (χ0v) is 12.1. The molecule has 0 bridgehead atoms. The molecule has 18 heavy (non-hydrogen) atoms. The second-order valence-corrected chi connectivity index (χ2v) is 6.28. The Morgan fingerprint density at radius 1 is 1.06 bits per heavy atom. The summed E-state index contributed by atoms with van der Waals surface area (Å²) >= 11 is 2.24. The Balaban J connectivity index is 1.79. The van der Waals surface area contributed by atoms with Gasteiger partial charge in [-0.2, -0.15) is 0 Å². The fourth-order valence-corrected chi connectivity index (χ4v) is 3.35. The molecule has 3 nitrogen and oxygen atoms in total. The molecule has 4 heteroatoms. The Kier molecular flexibility index (Phi) is 3.13. The van der Waals surface area contributed by atoms with Crippen LogP contribution in [-0.2, 0) is 16.1 Å². The molecule has 3 rings (SSSR count). The molecule has 2 unspecified atom stereocenters. The first-order valence-electron chi connectivity index (χ1n) is 6.26. The lowest BCUT2D eigenvalue weighted by atomic mass is 10.00. The summed E-state index contributed by atoms with van der Waals surface area (Å²) in [5.74, 6) is 0.0322. The number of rotatable bonds is 2. The molecule has 1 heterocycles. The summed E-state index contributed by atoms with van der Waals surface area (Å²) in [5, 5.41) is 0. The number of likely N-dealkylation sites (tertiary alicyclic amines) is 1. The molecule has 0 aromatic heterocycles. The minimum Gasteiger partial charge on any atom is -0.278 e. The molecule has 2 atom stereocenters. The van der Waals surface area contributed by atoms with Crippen LogP contribution in [0, 0.1) is 15.4 Å². The minimum atomic E-state index is -0.0265. The standard InChI is InChI=1S/C14H14INO2/c15-10-6-4-9(5-7-10)8-16-13(17)11-2-1-3-12(11)14(16)18/h4-7,11-12H,1-3,8H2. The lowest BCUT2D eigenvalue weighted by Crippen LogP contribution is -2.31. The summed E-state index contributed by atoms with van der Waals surface area (Å²) in [6.45, 7) is 0.432. The van der Waals surface area contributed by atoms with E-state index in [0.717, 1.165) is 28.4 Å². The van der Waals surface area contributed by atoms with Crippen molar-refractivity contribution in [3.8, 4) is 0 Å². The number of nitrogens with zero attached hydrogens (tertiary/aromatic N) is 1. The Labute approximate surface area is 120 Å². The van der Waals surface area contributed by atoms with Crippen LogP contribution in [-0.4, -0.2) is 16.7 Å². The zero-order chi connectivity index (χ0) is 12.7. The zero-order valence-electron chi connectivity index (χ0n) is 9.93. The van der Waals surface area contributed by atoms with Gasteiger partial charge in [-0.1, -0.05) is 18.6 Å². The van der Waals surface area contributed by atoms with Gasteiger partial charge >= 0.3 is 0 Å². The van der Waals surface area contributed by atoms with Crippen molar-refractivity contribution in [3.05, 3.63) is 33.4 Å². The monoisotopic (exact) mass is 355 g/mol. The van der Waals surface area contributed by atoms with E-state index >= 15 is 0 Å². The quantitative estimate of drug-likeness (QED) is 0.604. The highest BCUT2D eigenvalue weighted by atomic mass is 127. The lowest BCUT2D eigenvalue weighted by Gasteiger charge is -2.15. The third-order valence-corrected chi connectivity index (χ3v) is 4.66. The molecule has 94 valence electrons. The van der Waals surface area contributed by atoms with Crippen LogP contribution in [0.3, 0.4) is 0 Å². The molecule has 0 N–H and O–H groups in total. The number of hydrogen-bond donors (Lipinski definition) is 0. The van der Waals surface area contributed by atoms with Crippen LogP contribution < -0.4 is 0 Å². The molecule has 1 saturated heterocycles. The molecule has 2 amide bonds. The van der Waals surface area contributed by atoms with Crippen LogP contribution >= 0.6 is 22.6 Å². The van der Waals surface area contributed by atoms with E-state index in [1.807, 2.05) is 24.3 Å². The van der Waals surface area contributed by atoms with Crippen molar-refractivity contribution in [2.75, 3.05) is 0 Å². The number of imide groups is 1. The van der Waals surface area contributed by atoms with E-state index in [2.05, 4.69) is 22.6 Å². The predicted octanol–water partition coefficient (Wildman–Crippen LogP) is 2.58. The number of hydrogen-bond acceptors (Lipinski definition) is 2. The second kappa shape index (κ2) is 4.64. The van der Waals surface area contributed by atoms with Gasteiger partial charge in [-0.05, 0) is 53.1 Å². The number of carbonyl (C=O) groups is 2. The van der Waals surface area contributed by atoms with Crippen molar-refractivity contribution in [1.29, 1.82) is 0 Å². The van der Waals surface area contributed by atoms with Gasteiger partial charge in [0.2, 0.25) is 11.8 Å². The number of fused-ring (bicyclic) bond motifs is 1. The van der Waals surface area contributed by atoms with Gasteiger partial charge in [0, 0.05) is 3.57 Å². The normalized spacial score (nSPS) is 26.8. The van der Waals surface area contributed by atoms with Crippen LogP contribution in [0.4, 0.5) is 0 Å². The molecular weight excluding hydrogens is 341 g/mol. The summed E-state index contributed by atoms with van der Waals surface area (Å²) in [4.78, 5) is 25.8. The molecule has 1 aromatic carbocycles. The molecule has 1 aliphatic heterocycles. The highest BCUT2D eigenvalue weighted by Crippen LogP contribution is 2.40. The maximum absolute atomic E-state index is 12.2. The van der Waals surface area contributed by atoms with Gasteiger partial charge in [-0.3, -0.25) is 14.5 Å². The van der Waals surface area contributed by atoms with Gasteiger partial charge in [0.1, 0.15) is 0 Å². The van der Waals surface area contributed by atoms with Crippen molar-refractivity contribution in [2.45, 2.75) is 25.8 Å². The second-order valence-electron chi connectivity index (χ2n) is 5.03. The molecular formula is C14H14INO2. The number of amides is 2. The van der Waals surface area contributed by atoms with Crippen LogP contribution in [0.1, 0.15) is 24.8 Å². The molecule has 2 fully saturated rings. The highest BCUT2D eigenvalue weighted by molar-refractivity contribution is 14.1. The Bertz CT molecular complexity index is 475. The lowest BCUT2D eigenvalue weighted by molar-refractivity contribution is -0.141. The number of benzene rings is 1. The van der Waals surface area contributed by atoms with Gasteiger partial charge in [0.25, 0.3) is 0 Å². The van der Waals surface area contributed by atoms with E-state index in [1.54, 1.807) is 0 Å². The van der Waals surface area contributed by atoms with E-state index in [9.17, 15) is 9.59 Å². The van der Waals surface area contributed by atoms with Crippen LogP contribution in [0.5, 0.6) is 0 Å². The third kappa shape index (κ3) is 1.96. The summed E-state index contributed by atoms with van der Waals surface area (Å²) in [6.07, 6.45) is 2.79. The maximum Gasteiger partial charge on any atom is 0.233 e. The fourth-order valence-electron chi connectivity index (χ4n) is 2.99. The Morgan fingerprint density at radius 3 is 2.17 bits per heavy atom. The molecule has 2 aliphatic rings. The maximum atomic E-state index is 12.2. The summed E-state index contributed by atoms with van der Waals surface area (Å²) < 4.78 is 1.16. The van der Waals surface area contributed by atoms with Gasteiger partial charge < -0.3 is 0 Å². The van der Waals surface area contributed by atoms with Gasteiger partial charge in [0.05, 0.1) is 18.4 Å². The molecule has 1 aliphatic carbocycles. The van der Waals surface area contributed by atoms with Crippen molar-refractivity contribution >= 4 is 34.4 Å². The van der Waals surface area contributed by atoms with Gasteiger partial charge in [-0.25, -0.2) is 0 Å². The smallest absolute Gasteiger partial charge is 0.233 e. The summed E-state index contributed by atoms with van der Waals surface area (Å²) in [7, 11) is 0. The third-order valence-electron chi connectivity index (χ3n) is 3.94. The molecule has 1 aromatic rings. The average Bonchev–Trinajstić information content (AvgIpc) is 2.92. The van der Waals surface area contributed by atoms with Gasteiger partial charge in [0.15, 0.2) is 0 Å². The van der Waals surface area contributed by atoms with E-state index in [1.165, 1.54) is 4.90 Å². The van der Waals surface area contributed by atoms with Crippen LogP contribution in [0.15, 0.2) is 24.3 Å². The van der Waals surface area contributed by atoms with Crippen molar-refractivity contribution in [2.24, 2.45) is 11.8 Å². The van der Waals surface area contributed by atoms with E-state index in [-0.39, 0.29) is 23.7 Å². The summed E-state index contributed by atoms with van der Waals surface area (Å²) in [6, 6.07) is 7.97. The first-order chi connectivity index (χ1) is 8.66. The highest BCUT2D eigenvalue weighted by Gasteiger charge is 2.49. The topological polar surface area (TPSA) is 37.4 Å². The first kappa shape index (κ1) is 12.1. The van der Waals surface area contributed by atoms with Crippen molar-refractivity contribution in [1.82, 2.24) is 4.90 Å². The van der Waals surface area contributed by atoms with E-state index in [0.29, 0.717) is 6.54 Å². The Morgan fingerprint density at radius 2 is 1.61 bits per heavy atom. The molecule has 0 spiro atoms. The van der Waals surface area contributed by atoms with Crippen LogP contribution in [0.25, 0.3) is 0 Å². The number of carbonyl (C=O) groups excluding carboxylic acids is 2. The summed E-state index contributed by atoms with van der Waals surface area (Å²) in [5.41, 5.74) is 1.03. The van der Waals surface area contributed by atoms with Crippen molar-refractivity contribution < 1.29 is 9.59 Å². The first-order valence-corrected chi connectivity index (χ1v) is 7.34. The average molecular weight is 355 g/mol. The Hall–Kier alpha value is -0.910. The predicted molar refractivity (Wildman–Crippen MR) is 75.5 cm³/mol. The van der Waals surface area contributed by atoms with E-state index < -0.39 is 0 Å². The largest absolute Gasteiger partial charge is 0.278 e. The molecule has 0 radical (unpaired) electrons. The van der Waals surface area contributed by atoms with Crippen LogP contribution in [0.2, 0.25) is 0 Å². The minimum absolute atomic E-state index is 0.0265. The fraction of sp³-hybridized carbons (Fsp3) is 0.429. The van der Waals surface area contributed by atoms with Gasteiger partial charge in [-0.15, -0.1) is 0 Å². The number of halogens is 1. The SMILES string of the molecule is O=C1C2CCCC2C(=O)N1Cc1ccc(I)cc1. The van der Waals surface area contributed by atoms with Crippen molar-refractivity contribution in [3.63, 3.8) is 0 Å². The van der Waals surface area contributed by atoms with E-state index in [4.69, 9.17) is 0 Å².